The summed E-state index contributed by atoms with van der Waals surface area (Å²) >= 11 is 6.50. The predicted molar refractivity (Wildman–Crippen MR) is 140 cm³/mol. The van der Waals surface area contributed by atoms with E-state index < -0.39 is 21.9 Å². The van der Waals surface area contributed by atoms with Crippen LogP contribution in [0.5, 0.6) is 5.75 Å². The van der Waals surface area contributed by atoms with Crippen molar-refractivity contribution in [3.05, 3.63) is 87.7 Å². The van der Waals surface area contributed by atoms with Gasteiger partial charge in [0.05, 0.1) is 6.42 Å². The van der Waals surface area contributed by atoms with Crippen molar-refractivity contribution in [2.45, 2.75) is 23.8 Å². The Morgan fingerprint density at radius 2 is 1.86 bits per heavy atom. The number of hydrogen-bond acceptors (Lipinski definition) is 5. The first-order valence-corrected chi connectivity index (χ1v) is 13.2. The van der Waals surface area contributed by atoms with Crippen LogP contribution in [0.1, 0.15) is 29.0 Å². The Labute approximate surface area is 264 Å². The van der Waals surface area contributed by atoms with E-state index in [0.29, 0.717) is 22.0 Å². The molecule has 0 aromatic heterocycles. The number of benzene rings is 3. The zero-order valence-electron chi connectivity index (χ0n) is 20.9. The van der Waals surface area contributed by atoms with Gasteiger partial charge in [0.2, 0.25) is 10.0 Å². The fraction of sp³-hybridized carbons (Fsp3) is 0.269. The molecule has 2 N–H and O–H groups in total. The van der Waals surface area contributed by atoms with E-state index >= 15 is 0 Å². The number of carboxylic acid groups (broad SMARTS) is 1. The first-order chi connectivity index (χ1) is 17.2. The Morgan fingerprint density at radius 1 is 1.16 bits per heavy atom. The number of anilines is 1. The molecule has 1 heterocycles. The van der Waals surface area contributed by atoms with E-state index in [-0.39, 0.29) is 82.4 Å². The van der Waals surface area contributed by atoms with Crippen molar-refractivity contribution in [1.29, 1.82) is 0 Å². The third kappa shape index (κ3) is 6.69. The van der Waals surface area contributed by atoms with Gasteiger partial charge in [-0.05, 0) is 41.0 Å². The molecule has 3 aromatic rings. The van der Waals surface area contributed by atoms with Crippen LogP contribution in [0.25, 0.3) is 5.32 Å². The summed E-state index contributed by atoms with van der Waals surface area (Å²) in [6.45, 7) is 0.389. The van der Waals surface area contributed by atoms with Crippen LogP contribution in [-0.2, 0) is 21.4 Å². The minimum absolute atomic E-state index is 0. The predicted octanol–water partition coefficient (Wildman–Crippen LogP) is 2.21. The largest absolute Gasteiger partial charge is 1.00 e. The van der Waals surface area contributed by atoms with Crippen LogP contribution in [0.15, 0.2) is 65.6 Å². The molecule has 11 heteroatoms. The molecule has 0 amide bonds. The molecule has 0 saturated heterocycles. The molecule has 3 aromatic carbocycles. The van der Waals surface area contributed by atoms with Crippen LogP contribution >= 0.6 is 11.6 Å². The number of sulfonamides is 1. The number of carbonyl (C=O) groups is 1. The number of fused-ring (bicyclic) bond motifs is 1. The molecule has 1 aliphatic rings. The molecule has 0 spiro atoms. The fourth-order valence-corrected chi connectivity index (χ4v) is 6.06. The summed E-state index contributed by atoms with van der Waals surface area (Å²) in [6, 6.07) is 17.4. The van der Waals surface area contributed by atoms with Crippen molar-refractivity contribution in [2.75, 3.05) is 32.6 Å². The van der Waals surface area contributed by atoms with Gasteiger partial charge in [0.25, 0.3) is 0 Å². The number of para-hydroxylation sites is 1. The summed E-state index contributed by atoms with van der Waals surface area (Å²) in [4.78, 5) is 11.9. The third-order valence-electron chi connectivity index (χ3n) is 6.20. The average Bonchev–Trinajstić information content (AvgIpc) is 2.99. The van der Waals surface area contributed by atoms with Crippen molar-refractivity contribution in [3.8, 4) is 5.75 Å². The maximum absolute atomic E-state index is 13.4. The van der Waals surface area contributed by atoms with Gasteiger partial charge in [-0.25, -0.2) is 8.42 Å². The molecule has 0 aliphatic carbocycles. The second kappa shape index (κ2) is 12.9. The minimum atomic E-state index is -3.82. The first-order valence-electron chi connectivity index (χ1n) is 11.4. The van der Waals surface area contributed by atoms with Crippen molar-refractivity contribution in [1.82, 2.24) is 4.31 Å². The van der Waals surface area contributed by atoms with Gasteiger partial charge in [0.1, 0.15) is 17.3 Å². The number of nitrogens with zero attached hydrogens (tertiary/aromatic N) is 2. The number of carboxylic acids is 1. The molecule has 0 radical (unpaired) electrons. The zero-order valence-corrected chi connectivity index (χ0v) is 25.6. The Bertz CT molecular complexity index is 1390. The minimum Gasteiger partial charge on any atom is -0.685 e. The van der Waals surface area contributed by atoms with E-state index in [0.717, 1.165) is 16.8 Å². The van der Waals surface area contributed by atoms with Crippen molar-refractivity contribution < 1.29 is 74.4 Å². The molecular formula is C26H27ClKN3O5S. The van der Waals surface area contributed by atoms with E-state index in [4.69, 9.17) is 16.3 Å². The first kappa shape index (κ1) is 29.9. The van der Waals surface area contributed by atoms with E-state index in [1.165, 1.54) is 10.4 Å². The molecule has 1 aliphatic heterocycles. The smallest absolute Gasteiger partial charge is 0.685 e. The summed E-state index contributed by atoms with van der Waals surface area (Å²) in [5, 5.41) is 17.4. The number of aliphatic carboxylic acids is 1. The number of nitrogens with one attached hydrogen (secondary N) is 1. The van der Waals surface area contributed by atoms with Crippen LogP contribution in [0.2, 0.25) is 5.02 Å². The SMILES string of the molecule is C[N-]c1cc(C(CC(=O)O)c2ccc(Cl)c(CN3CCOc4ccccc4S3(=O)=O)c2)ccc1NC.[K+]. The van der Waals surface area contributed by atoms with Gasteiger partial charge in [0, 0.05) is 36.8 Å². The number of halogens is 1. The van der Waals surface area contributed by atoms with Gasteiger partial charge in [-0.1, -0.05) is 48.0 Å². The molecule has 1 atom stereocenters. The fourth-order valence-electron chi connectivity index (χ4n) is 4.35. The van der Waals surface area contributed by atoms with Crippen LogP contribution in [-0.4, -0.2) is 51.0 Å². The molecule has 0 fully saturated rings. The molecule has 0 saturated carbocycles. The van der Waals surface area contributed by atoms with E-state index in [1.54, 1.807) is 50.5 Å². The summed E-state index contributed by atoms with van der Waals surface area (Å²) in [7, 11) is -0.347. The van der Waals surface area contributed by atoms with Crippen LogP contribution in [0.3, 0.4) is 0 Å². The topological polar surface area (TPSA) is 110 Å². The van der Waals surface area contributed by atoms with Gasteiger partial charge in [-0.15, -0.1) is 12.7 Å². The molecule has 0 bridgehead atoms. The summed E-state index contributed by atoms with van der Waals surface area (Å²) in [5.74, 6) is -1.11. The Morgan fingerprint density at radius 3 is 2.57 bits per heavy atom. The van der Waals surface area contributed by atoms with E-state index in [1.807, 2.05) is 18.2 Å². The monoisotopic (exact) mass is 567 g/mol. The van der Waals surface area contributed by atoms with Crippen molar-refractivity contribution in [3.63, 3.8) is 0 Å². The van der Waals surface area contributed by atoms with Gasteiger partial charge < -0.3 is 20.5 Å². The number of ether oxygens (including phenoxy) is 1. The van der Waals surface area contributed by atoms with Crippen molar-refractivity contribution in [2.24, 2.45) is 0 Å². The quantitative estimate of drug-likeness (QED) is 0.404. The van der Waals surface area contributed by atoms with E-state index in [2.05, 4.69) is 10.6 Å². The Hall–Kier alpha value is -1.63. The maximum Gasteiger partial charge on any atom is 1.00 e. The molecule has 1 unspecified atom stereocenters. The normalized spacial score (nSPS) is 15.3. The van der Waals surface area contributed by atoms with Gasteiger partial charge >= 0.3 is 57.4 Å². The second-order valence-corrected chi connectivity index (χ2v) is 10.7. The zero-order chi connectivity index (χ0) is 25.9. The summed E-state index contributed by atoms with van der Waals surface area (Å²) < 4.78 is 33.7. The Kier molecular flexibility index (Phi) is 10.5. The molecule has 190 valence electrons. The van der Waals surface area contributed by atoms with Gasteiger partial charge in [-0.2, -0.15) is 4.31 Å². The second-order valence-electron chi connectivity index (χ2n) is 8.39. The molecular weight excluding hydrogens is 541 g/mol. The van der Waals surface area contributed by atoms with Crippen molar-refractivity contribution >= 4 is 39.0 Å². The average molecular weight is 568 g/mol. The maximum atomic E-state index is 13.4. The summed E-state index contributed by atoms with van der Waals surface area (Å²) in [6.07, 6.45) is -0.146. The van der Waals surface area contributed by atoms with Crippen LogP contribution in [0.4, 0.5) is 11.4 Å². The third-order valence-corrected chi connectivity index (χ3v) is 8.45. The van der Waals surface area contributed by atoms with Crippen LogP contribution < -0.4 is 61.4 Å². The molecule has 37 heavy (non-hydrogen) atoms. The molecule has 8 nitrogen and oxygen atoms in total. The number of hydrogen-bond donors (Lipinski definition) is 2. The summed E-state index contributed by atoms with van der Waals surface area (Å²) in [5.41, 5.74) is 3.64. The Balaban J connectivity index is 0.00000380. The number of rotatable bonds is 8. The van der Waals surface area contributed by atoms with Gasteiger partial charge in [-0.3, -0.25) is 4.79 Å². The van der Waals surface area contributed by atoms with Gasteiger partial charge in [0.15, 0.2) is 0 Å². The van der Waals surface area contributed by atoms with Crippen LogP contribution in [0, 0.1) is 0 Å². The standard InChI is InChI=1S/C26H27ClN3O5S.K/c1-28-22-10-8-18(14-23(22)29-2)20(15-26(31)32)17-7-9-21(27)19(13-17)16-30-11-12-35-24-5-3-4-6-25(24)36(30,33)34;/h3-10,13-14,20,28H,11-12,15-16H2,1-2H3,(H,31,32);/q-1;+1. The molecule has 4 rings (SSSR count). The van der Waals surface area contributed by atoms with E-state index in [9.17, 15) is 18.3 Å².